The van der Waals surface area contributed by atoms with E-state index >= 15 is 0 Å². The lowest BCUT2D eigenvalue weighted by Crippen LogP contribution is -2.63. The summed E-state index contributed by atoms with van der Waals surface area (Å²) in [4.78, 5) is 12.3. The molecule has 8 heteroatoms. The summed E-state index contributed by atoms with van der Waals surface area (Å²) in [6.45, 7) is 1.94. The molecule has 3 rings (SSSR count). The predicted molar refractivity (Wildman–Crippen MR) is 78.0 cm³/mol. The third kappa shape index (κ3) is 1.73. The van der Waals surface area contributed by atoms with Crippen molar-refractivity contribution in [2.24, 2.45) is 0 Å². The summed E-state index contributed by atoms with van der Waals surface area (Å²) in [7, 11) is 1.85. The molecule has 2 bridgehead atoms. The van der Waals surface area contributed by atoms with E-state index in [1.54, 1.807) is 6.07 Å². The van der Waals surface area contributed by atoms with Gasteiger partial charge in [-0.25, -0.2) is 0 Å². The first kappa shape index (κ1) is 13.4. The minimum Gasteiger partial charge on any atom is -0.468 e. The van der Waals surface area contributed by atoms with Crippen LogP contribution in [0.1, 0.15) is 24.9 Å². The summed E-state index contributed by atoms with van der Waals surface area (Å²) in [6, 6.07) is 2.78. The Morgan fingerprint density at radius 1 is 1.65 bits per heavy atom. The van der Waals surface area contributed by atoms with Gasteiger partial charge in [-0.3, -0.25) is 10.1 Å². The van der Waals surface area contributed by atoms with E-state index in [0.717, 1.165) is 0 Å². The number of ether oxygens (including phenoxy) is 1. The van der Waals surface area contributed by atoms with Crippen LogP contribution in [-0.2, 0) is 0 Å². The zero-order valence-electron chi connectivity index (χ0n) is 10.8. The van der Waals surface area contributed by atoms with Crippen LogP contribution in [0.5, 0.6) is 5.75 Å². The minimum absolute atomic E-state index is 0.111. The summed E-state index contributed by atoms with van der Waals surface area (Å²) in [5, 5.41) is 14.8. The number of fused-ring (bicyclic) bond motifs is 4. The topological polar surface area (TPSA) is 67.6 Å². The zero-order chi connectivity index (χ0) is 14.7. The van der Waals surface area contributed by atoms with Crippen molar-refractivity contribution < 1.29 is 9.66 Å². The molecule has 2 atom stereocenters. The van der Waals surface area contributed by atoms with Crippen LogP contribution in [0, 0.1) is 10.1 Å². The van der Waals surface area contributed by atoms with Crippen LogP contribution in [0.3, 0.4) is 0 Å². The van der Waals surface area contributed by atoms with E-state index in [2.05, 4.69) is 5.32 Å². The molecule has 0 saturated carbocycles. The van der Waals surface area contributed by atoms with Gasteiger partial charge >= 0.3 is 0 Å². The van der Waals surface area contributed by atoms with Crippen molar-refractivity contribution in [2.75, 3.05) is 7.05 Å². The lowest BCUT2D eigenvalue weighted by molar-refractivity contribution is -0.384. The Hall–Kier alpha value is -1.60. The van der Waals surface area contributed by atoms with Crippen LogP contribution >= 0.6 is 23.8 Å². The van der Waals surface area contributed by atoms with Gasteiger partial charge < -0.3 is 15.0 Å². The first-order chi connectivity index (χ1) is 9.33. The summed E-state index contributed by atoms with van der Waals surface area (Å²) >= 11 is 11.4. The number of benzene rings is 1. The Morgan fingerprint density at radius 3 is 3.00 bits per heavy atom. The second kappa shape index (κ2) is 4.20. The Morgan fingerprint density at radius 2 is 2.35 bits per heavy atom. The normalized spacial score (nSPS) is 27.4. The number of halogens is 1. The average molecular weight is 314 g/mol. The highest BCUT2D eigenvalue weighted by Crippen LogP contribution is 2.48. The largest absolute Gasteiger partial charge is 0.468 e. The van der Waals surface area contributed by atoms with Crippen molar-refractivity contribution in [1.82, 2.24) is 10.2 Å². The summed E-state index contributed by atoms with van der Waals surface area (Å²) in [6.07, 6.45) is 0.609. The van der Waals surface area contributed by atoms with Crippen LogP contribution < -0.4 is 10.1 Å². The van der Waals surface area contributed by atoms with Gasteiger partial charge in [-0.1, -0.05) is 11.6 Å². The molecule has 1 fully saturated rings. The first-order valence-electron chi connectivity index (χ1n) is 6.03. The molecule has 0 amide bonds. The Kier molecular flexibility index (Phi) is 2.81. The van der Waals surface area contributed by atoms with Gasteiger partial charge in [-0.2, -0.15) is 0 Å². The molecular weight excluding hydrogens is 302 g/mol. The lowest BCUT2D eigenvalue weighted by atomic mass is 9.90. The monoisotopic (exact) mass is 313 g/mol. The van der Waals surface area contributed by atoms with Gasteiger partial charge in [-0.15, -0.1) is 0 Å². The molecule has 0 aliphatic carbocycles. The highest BCUT2D eigenvalue weighted by Gasteiger charge is 2.47. The second-order valence-electron chi connectivity index (χ2n) is 5.11. The molecule has 1 aromatic rings. The van der Waals surface area contributed by atoms with Crippen LogP contribution in [0.15, 0.2) is 12.1 Å². The highest BCUT2D eigenvalue weighted by molar-refractivity contribution is 7.80. The SMILES string of the molecule is CN1C(=S)NC2CC1(C)Oc1ccc([N+](=O)[O-])c(Cl)c12. The minimum atomic E-state index is -0.570. The number of nitrogens with zero attached hydrogens (tertiary/aromatic N) is 2. The molecule has 6 nitrogen and oxygen atoms in total. The fraction of sp³-hybridized carbons (Fsp3) is 0.417. The molecule has 2 unspecified atom stereocenters. The molecule has 0 spiro atoms. The van der Waals surface area contributed by atoms with Crippen molar-refractivity contribution in [3.63, 3.8) is 0 Å². The van der Waals surface area contributed by atoms with Gasteiger partial charge in [-0.05, 0) is 25.2 Å². The van der Waals surface area contributed by atoms with Crippen molar-refractivity contribution in [2.45, 2.75) is 25.1 Å². The molecule has 1 N–H and O–H groups in total. The number of nitro groups is 1. The summed E-state index contributed by atoms with van der Waals surface area (Å²) in [5.41, 5.74) is -0.0857. The number of thiocarbonyl (C=S) groups is 1. The molecule has 1 saturated heterocycles. The van der Waals surface area contributed by atoms with E-state index in [9.17, 15) is 10.1 Å². The molecule has 20 heavy (non-hydrogen) atoms. The smallest absolute Gasteiger partial charge is 0.288 e. The molecule has 0 aromatic heterocycles. The maximum atomic E-state index is 11.0. The Balaban J connectivity index is 2.17. The highest BCUT2D eigenvalue weighted by atomic mass is 35.5. The molecule has 2 heterocycles. The Bertz CT molecular complexity index is 639. The van der Waals surface area contributed by atoms with E-state index in [4.69, 9.17) is 28.6 Å². The fourth-order valence-corrected chi connectivity index (χ4v) is 3.36. The predicted octanol–water partition coefficient (Wildman–Crippen LogP) is 2.61. The van der Waals surface area contributed by atoms with Gasteiger partial charge in [0.05, 0.1) is 11.0 Å². The number of nitrogens with one attached hydrogen (secondary N) is 1. The van der Waals surface area contributed by atoms with Gasteiger partial charge in [0.15, 0.2) is 10.8 Å². The zero-order valence-corrected chi connectivity index (χ0v) is 12.4. The van der Waals surface area contributed by atoms with Gasteiger partial charge in [0.2, 0.25) is 0 Å². The van der Waals surface area contributed by atoms with Crippen molar-refractivity contribution in [1.29, 1.82) is 0 Å². The number of rotatable bonds is 1. The van der Waals surface area contributed by atoms with Crippen molar-refractivity contribution in [3.05, 3.63) is 32.8 Å². The summed E-state index contributed by atoms with van der Waals surface area (Å²) < 4.78 is 5.98. The van der Waals surface area contributed by atoms with E-state index < -0.39 is 10.6 Å². The Labute approximate surface area is 125 Å². The second-order valence-corrected chi connectivity index (χ2v) is 5.87. The molecule has 2 aliphatic heterocycles. The molecule has 1 aromatic carbocycles. The molecule has 0 radical (unpaired) electrons. The fourth-order valence-electron chi connectivity index (χ4n) is 2.67. The van der Waals surface area contributed by atoms with Crippen LogP contribution in [-0.4, -0.2) is 27.7 Å². The molecule has 106 valence electrons. The third-order valence-corrected chi connectivity index (χ3v) is 4.68. The maximum Gasteiger partial charge on any atom is 0.288 e. The van der Waals surface area contributed by atoms with E-state index in [1.165, 1.54) is 6.07 Å². The van der Waals surface area contributed by atoms with Gasteiger partial charge in [0, 0.05) is 25.1 Å². The van der Waals surface area contributed by atoms with E-state index in [0.29, 0.717) is 22.8 Å². The van der Waals surface area contributed by atoms with Crippen LogP contribution in [0.4, 0.5) is 5.69 Å². The average Bonchev–Trinajstić information content (AvgIpc) is 2.35. The van der Waals surface area contributed by atoms with Crippen LogP contribution in [0.2, 0.25) is 5.02 Å². The van der Waals surface area contributed by atoms with Gasteiger partial charge in [0.25, 0.3) is 5.69 Å². The third-order valence-electron chi connectivity index (χ3n) is 3.89. The maximum absolute atomic E-state index is 11.0. The van der Waals surface area contributed by atoms with E-state index in [-0.39, 0.29) is 16.8 Å². The van der Waals surface area contributed by atoms with Gasteiger partial charge in [0.1, 0.15) is 10.8 Å². The number of hydrogen-bond donors (Lipinski definition) is 1. The standard InChI is InChI=1S/C12H12ClN3O3S/c1-12-5-6(14-11(20)15(12)2)9-8(19-12)4-3-7(10(9)13)16(17)18/h3-4,6H,5H2,1-2H3,(H,14,20). The number of hydrogen-bond acceptors (Lipinski definition) is 4. The number of nitro benzene ring substituents is 1. The summed E-state index contributed by atoms with van der Waals surface area (Å²) in [5.74, 6) is 0.557. The van der Waals surface area contributed by atoms with E-state index in [1.807, 2.05) is 18.9 Å². The molecular formula is C12H12ClN3O3S. The van der Waals surface area contributed by atoms with Crippen molar-refractivity contribution in [3.8, 4) is 5.75 Å². The van der Waals surface area contributed by atoms with Crippen LogP contribution in [0.25, 0.3) is 0 Å². The lowest BCUT2D eigenvalue weighted by Gasteiger charge is -2.50. The quantitative estimate of drug-likeness (QED) is 0.488. The first-order valence-corrected chi connectivity index (χ1v) is 6.82. The van der Waals surface area contributed by atoms with Crippen molar-refractivity contribution >= 4 is 34.6 Å². The molecule has 2 aliphatic rings.